The number of nitrogens with zero attached hydrogens (tertiary/aromatic N) is 4. The Morgan fingerprint density at radius 3 is 2.20 bits per heavy atom. The molecule has 4 aromatic rings. The molecular formula is C34H39FN4O5. The van der Waals surface area contributed by atoms with Crippen LogP contribution in [0, 0.1) is 11.7 Å². The minimum Gasteiger partial charge on any atom is -0.393 e. The summed E-state index contributed by atoms with van der Waals surface area (Å²) in [5.41, 5.74) is 2.93. The van der Waals surface area contributed by atoms with Gasteiger partial charge in [0.2, 0.25) is 5.91 Å². The molecule has 2 heterocycles. The lowest BCUT2D eigenvalue weighted by molar-refractivity contribution is -0.131. The van der Waals surface area contributed by atoms with Gasteiger partial charge in [-0.1, -0.05) is 48.5 Å². The van der Waals surface area contributed by atoms with Gasteiger partial charge in [0.25, 0.3) is 0 Å². The number of aryl methyl sites for hydroxylation is 3. The highest BCUT2D eigenvalue weighted by Gasteiger charge is 2.48. The van der Waals surface area contributed by atoms with E-state index >= 15 is 0 Å². The van der Waals surface area contributed by atoms with Crippen molar-refractivity contribution < 1.29 is 29.6 Å². The molecule has 1 aliphatic heterocycles. The number of aromatic nitrogens is 3. The maximum Gasteiger partial charge on any atom is 0.233 e. The normalized spacial score (nSPS) is 17.5. The first-order valence-corrected chi connectivity index (χ1v) is 15.0. The molecule has 1 amide bonds. The minimum absolute atomic E-state index is 0.0136. The van der Waals surface area contributed by atoms with Gasteiger partial charge in [-0.15, -0.1) is 0 Å². The summed E-state index contributed by atoms with van der Waals surface area (Å²) in [7, 11) is 0. The van der Waals surface area contributed by atoms with E-state index < -0.39 is 24.9 Å². The molecule has 44 heavy (non-hydrogen) atoms. The zero-order valence-electron chi connectivity index (χ0n) is 24.5. The van der Waals surface area contributed by atoms with E-state index in [4.69, 9.17) is 0 Å². The molecule has 1 aromatic heterocycles. The maximum absolute atomic E-state index is 13.6. The van der Waals surface area contributed by atoms with E-state index in [9.17, 15) is 29.6 Å². The van der Waals surface area contributed by atoms with Gasteiger partial charge in [0.1, 0.15) is 24.1 Å². The van der Waals surface area contributed by atoms with Crippen molar-refractivity contribution in [3.63, 3.8) is 0 Å². The predicted molar refractivity (Wildman–Crippen MR) is 163 cm³/mol. The van der Waals surface area contributed by atoms with E-state index in [1.165, 1.54) is 18.5 Å². The van der Waals surface area contributed by atoms with Gasteiger partial charge in [-0.3, -0.25) is 9.48 Å². The summed E-state index contributed by atoms with van der Waals surface area (Å²) in [4.78, 5) is 19.4. The van der Waals surface area contributed by atoms with Gasteiger partial charge in [-0.2, -0.15) is 5.10 Å². The fourth-order valence-corrected chi connectivity index (χ4v) is 5.77. The first-order valence-electron chi connectivity index (χ1n) is 15.0. The SMILES string of the molecule is O=C1[C@H](CC[C@H](O)c2ccc(F)cc2)[C@@H](c2ccc(CCC(O)(CO)CO)cc2)N1c1ccc(CCCn2cncn2)cc1. The zero-order chi connectivity index (χ0) is 31.1. The number of halogens is 1. The van der Waals surface area contributed by atoms with E-state index in [1.54, 1.807) is 28.0 Å². The Hall–Kier alpha value is -3.96. The largest absolute Gasteiger partial charge is 0.393 e. The first kappa shape index (κ1) is 31.5. The number of hydrogen-bond donors (Lipinski definition) is 4. The summed E-state index contributed by atoms with van der Waals surface area (Å²) in [5.74, 6) is -0.722. The Balaban J connectivity index is 1.30. The highest BCUT2D eigenvalue weighted by atomic mass is 19.1. The van der Waals surface area contributed by atoms with Crippen LogP contribution < -0.4 is 4.90 Å². The summed E-state index contributed by atoms with van der Waals surface area (Å²) < 4.78 is 15.2. The first-order chi connectivity index (χ1) is 21.3. The van der Waals surface area contributed by atoms with Gasteiger partial charge in [0.15, 0.2) is 0 Å². The van der Waals surface area contributed by atoms with Crippen LogP contribution in [-0.2, 0) is 24.2 Å². The minimum atomic E-state index is -1.53. The van der Waals surface area contributed by atoms with Crippen LogP contribution in [0.25, 0.3) is 0 Å². The number of benzene rings is 3. The quantitative estimate of drug-likeness (QED) is 0.152. The fourth-order valence-electron chi connectivity index (χ4n) is 5.77. The lowest BCUT2D eigenvalue weighted by atomic mass is 9.78. The van der Waals surface area contributed by atoms with Crippen molar-refractivity contribution in [2.45, 2.75) is 62.8 Å². The second kappa shape index (κ2) is 14.2. The molecule has 0 spiro atoms. The number of hydrogen-bond acceptors (Lipinski definition) is 7. The molecule has 1 fully saturated rings. The van der Waals surface area contributed by atoms with Crippen molar-refractivity contribution in [3.8, 4) is 0 Å². The van der Waals surface area contributed by atoms with Crippen LogP contribution in [0.3, 0.4) is 0 Å². The number of carbonyl (C=O) groups excluding carboxylic acids is 1. The molecule has 0 saturated carbocycles. The second-order valence-corrected chi connectivity index (χ2v) is 11.6. The number of carbonyl (C=O) groups is 1. The Bertz CT molecular complexity index is 1480. The fraction of sp³-hybridized carbons (Fsp3) is 0.382. The van der Waals surface area contributed by atoms with E-state index in [0.29, 0.717) is 24.8 Å². The van der Waals surface area contributed by atoms with Crippen molar-refractivity contribution in [1.82, 2.24) is 14.8 Å². The summed E-state index contributed by atoms with van der Waals surface area (Å²) in [5, 5.41) is 43.9. The maximum atomic E-state index is 13.6. The van der Waals surface area contributed by atoms with E-state index in [0.717, 1.165) is 41.8 Å². The third kappa shape index (κ3) is 7.39. The molecule has 9 nitrogen and oxygen atoms in total. The van der Waals surface area contributed by atoms with Crippen LogP contribution in [0.2, 0.25) is 0 Å². The third-order valence-corrected chi connectivity index (χ3v) is 8.54. The lowest BCUT2D eigenvalue weighted by Gasteiger charge is -2.48. The topological polar surface area (TPSA) is 132 Å². The van der Waals surface area contributed by atoms with Gasteiger partial charge in [-0.05, 0) is 85.0 Å². The molecule has 0 unspecified atom stereocenters. The summed E-state index contributed by atoms with van der Waals surface area (Å²) in [6.45, 7) is -0.269. The van der Waals surface area contributed by atoms with Crippen LogP contribution in [0.15, 0.2) is 85.5 Å². The number of amides is 1. The molecule has 1 saturated heterocycles. The lowest BCUT2D eigenvalue weighted by Crippen LogP contribution is -2.55. The number of aliphatic hydroxyl groups excluding tert-OH is 3. The van der Waals surface area contributed by atoms with Crippen molar-refractivity contribution in [3.05, 3.63) is 114 Å². The molecule has 0 bridgehead atoms. The monoisotopic (exact) mass is 602 g/mol. The van der Waals surface area contributed by atoms with Crippen LogP contribution in [0.4, 0.5) is 10.1 Å². The van der Waals surface area contributed by atoms with Crippen LogP contribution >= 0.6 is 0 Å². The molecule has 3 atom stereocenters. The Morgan fingerprint density at radius 1 is 0.909 bits per heavy atom. The summed E-state index contributed by atoms with van der Waals surface area (Å²) >= 11 is 0. The smallest absolute Gasteiger partial charge is 0.233 e. The van der Waals surface area contributed by atoms with Gasteiger partial charge < -0.3 is 25.3 Å². The third-order valence-electron chi connectivity index (χ3n) is 8.54. The van der Waals surface area contributed by atoms with E-state index in [2.05, 4.69) is 10.1 Å². The van der Waals surface area contributed by atoms with Crippen molar-refractivity contribution in [2.75, 3.05) is 18.1 Å². The molecule has 10 heteroatoms. The Labute approximate surface area is 256 Å². The van der Waals surface area contributed by atoms with Crippen LogP contribution in [0.1, 0.15) is 60.1 Å². The predicted octanol–water partition coefficient (Wildman–Crippen LogP) is 3.92. The van der Waals surface area contributed by atoms with Crippen molar-refractivity contribution >= 4 is 11.6 Å². The van der Waals surface area contributed by atoms with Crippen LogP contribution in [0.5, 0.6) is 0 Å². The summed E-state index contributed by atoms with van der Waals surface area (Å²) in [6, 6.07) is 21.4. The average Bonchev–Trinajstić information content (AvgIpc) is 3.57. The molecule has 4 N–H and O–H groups in total. The standard InChI is InChI=1S/C34H39FN4O5/c35-28-11-9-26(10-12-28)31(42)16-15-30-32(27-7-3-25(4-8-27)17-18-34(44,20-40)21-41)39(33(30)43)29-13-5-24(6-14-29)2-1-19-38-23-36-22-37-38/h3-14,22-23,30-32,40-42,44H,1-2,15-21H2/t30-,31+,32-/m1/s1. The molecule has 3 aromatic carbocycles. The highest BCUT2D eigenvalue weighted by Crippen LogP contribution is 2.46. The molecule has 1 aliphatic rings. The molecule has 5 rings (SSSR count). The van der Waals surface area contributed by atoms with Gasteiger partial charge in [0, 0.05) is 12.2 Å². The molecule has 0 radical (unpaired) electrons. The number of aliphatic hydroxyl groups is 4. The molecular weight excluding hydrogens is 563 g/mol. The van der Waals surface area contributed by atoms with E-state index in [-0.39, 0.29) is 30.1 Å². The summed E-state index contributed by atoms with van der Waals surface area (Å²) in [6.07, 6.45) is 5.68. The molecule has 0 aliphatic carbocycles. The van der Waals surface area contributed by atoms with Gasteiger partial charge in [0.05, 0.1) is 31.3 Å². The zero-order valence-corrected chi connectivity index (χ0v) is 24.5. The average molecular weight is 603 g/mol. The van der Waals surface area contributed by atoms with Crippen molar-refractivity contribution in [1.29, 1.82) is 0 Å². The van der Waals surface area contributed by atoms with Crippen molar-refractivity contribution in [2.24, 2.45) is 5.92 Å². The molecule has 232 valence electrons. The number of anilines is 1. The number of rotatable bonds is 15. The number of β-lactam (4-membered cyclic amide) rings is 1. The Kier molecular flexibility index (Phi) is 10.2. The van der Waals surface area contributed by atoms with Crippen LogP contribution in [-0.4, -0.2) is 59.9 Å². The Morgan fingerprint density at radius 2 is 1.57 bits per heavy atom. The van der Waals surface area contributed by atoms with E-state index in [1.807, 2.05) is 48.5 Å². The van der Waals surface area contributed by atoms with Gasteiger partial charge >= 0.3 is 0 Å². The second-order valence-electron chi connectivity index (χ2n) is 11.6. The van der Waals surface area contributed by atoms with Gasteiger partial charge in [-0.25, -0.2) is 9.37 Å². The highest BCUT2D eigenvalue weighted by molar-refractivity contribution is 6.03.